The number of nitrogens with one attached hydrogen (secondary N) is 2. The van der Waals surface area contributed by atoms with Crippen LogP contribution in [0.2, 0.25) is 0 Å². The van der Waals surface area contributed by atoms with E-state index in [0.717, 1.165) is 58.0 Å². The Hall–Kier alpha value is -0.810. The fraction of sp³-hybridized carbons (Fsp3) is 0.895. The highest BCUT2D eigenvalue weighted by atomic mass is 35.5. The van der Waals surface area contributed by atoms with Gasteiger partial charge in [-0.05, 0) is 64.5 Å². The largest absolute Gasteiger partial charge is 0.341 e. The van der Waals surface area contributed by atoms with Gasteiger partial charge in [0, 0.05) is 19.0 Å². The van der Waals surface area contributed by atoms with Gasteiger partial charge in [-0.25, -0.2) is 0 Å². The first-order valence-corrected chi connectivity index (χ1v) is 9.89. The van der Waals surface area contributed by atoms with Crippen LogP contribution in [0.25, 0.3) is 0 Å². The van der Waals surface area contributed by atoms with Gasteiger partial charge >= 0.3 is 0 Å². The minimum atomic E-state index is -0.641. The highest BCUT2D eigenvalue weighted by Gasteiger charge is 2.59. The Bertz CT molecular complexity index is 481. The second-order valence-corrected chi connectivity index (χ2v) is 7.98. The molecule has 0 aromatic rings. The van der Waals surface area contributed by atoms with Crippen molar-refractivity contribution in [3.05, 3.63) is 0 Å². The van der Waals surface area contributed by atoms with Crippen molar-refractivity contribution >= 4 is 24.2 Å². The van der Waals surface area contributed by atoms with E-state index in [1.807, 2.05) is 18.7 Å². The van der Waals surface area contributed by atoms with E-state index in [1.165, 1.54) is 6.42 Å². The number of piperidine rings is 1. The molecule has 3 rings (SSSR count). The van der Waals surface area contributed by atoms with Crippen molar-refractivity contribution in [1.82, 2.24) is 15.5 Å². The van der Waals surface area contributed by atoms with E-state index in [0.29, 0.717) is 13.1 Å². The standard InChI is InChI=1S/C19H33N3O2.ClH/c1-3-22(4-2)17(24)19(8-6-5-7-9-19)21-16(23)15-14-18(15)10-12-20-13-11-18;/h15,20H,3-14H2,1-2H3,(H,21,23);1H. The van der Waals surface area contributed by atoms with Gasteiger partial charge in [0.15, 0.2) is 0 Å². The molecule has 5 nitrogen and oxygen atoms in total. The topological polar surface area (TPSA) is 61.4 Å². The van der Waals surface area contributed by atoms with E-state index in [9.17, 15) is 9.59 Å². The summed E-state index contributed by atoms with van der Waals surface area (Å²) in [7, 11) is 0. The molecule has 1 spiro atoms. The number of nitrogens with zero attached hydrogens (tertiary/aromatic N) is 1. The van der Waals surface area contributed by atoms with Crippen LogP contribution in [0.4, 0.5) is 0 Å². The molecule has 2 amide bonds. The first kappa shape index (κ1) is 20.5. The number of carbonyl (C=O) groups excluding carboxylic acids is 2. The maximum atomic E-state index is 13.1. The number of halogens is 1. The van der Waals surface area contributed by atoms with Crippen molar-refractivity contribution in [2.45, 2.75) is 70.8 Å². The Morgan fingerprint density at radius 1 is 1.04 bits per heavy atom. The summed E-state index contributed by atoms with van der Waals surface area (Å²) in [5.41, 5.74) is -0.415. The average Bonchev–Trinajstić information content (AvgIpc) is 3.30. The molecule has 6 heteroatoms. The molecule has 0 aromatic heterocycles. The van der Waals surface area contributed by atoms with Crippen molar-refractivity contribution in [1.29, 1.82) is 0 Å². The smallest absolute Gasteiger partial charge is 0.248 e. The van der Waals surface area contributed by atoms with Gasteiger partial charge in [-0.3, -0.25) is 9.59 Å². The molecule has 3 aliphatic rings. The van der Waals surface area contributed by atoms with Crippen LogP contribution in [0.3, 0.4) is 0 Å². The Balaban J connectivity index is 0.00000225. The average molecular weight is 372 g/mol. The number of hydrogen-bond acceptors (Lipinski definition) is 3. The van der Waals surface area contributed by atoms with E-state index in [1.54, 1.807) is 0 Å². The van der Waals surface area contributed by atoms with Crippen LogP contribution in [-0.2, 0) is 9.59 Å². The van der Waals surface area contributed by atoms with Crippen LogP contribution < -0.4 is 10.6 Å². The molecule has 2 aliphatic carbocycles. The SMILES string of the molecule is CCN(CC)C(=O)C1(NC(=O)C2CC23CCNCC3)CCCCC1.Cl. The highest BCUT2D eigenvalue weighted by molar-refractivity contribution is 5.93. The molecule has 144 valence electrons. The van der Waals surface area contributed by atoms with Crippen molar-refractivity contribution in [2.24, 2.45) is 11.3 Å². The molecular weight excluding hydrogens is 338 g/mol. The summed E-state index contributed by atoms with van der Waals surface area (Å²) < 4.78 is 0. The Labute approximate surface area is 158 Å². The Morgan fingerprint density at radius 3 is 2.20 bits per heavy atom. The minimum absolute atomic E-state index is 0. The number of rotatable bonds is 5. The van der Waals surface area contributed by atoms with E-state index < -0.39 is 5.54 Å². The van der Waals surface area contributed by atoms with Gasteiger partial charge in [0.05, 0.1) is 0 Å². The molecule has 1 unspecified atom stereocenters. The number of amides is 2. The van der Waals surface area contributed by atoms with Gasteiger partial charge in [0.25, 0.3) is 0 Å². The summed E-state index contributed by atoms with van der Waals surface area (Å²) >= 11 is 0. The minimum Gasteiger partial charge on any atom is -0.341 e. The predicted molar refractivity (Wildman–Crippen MR) is 102 cm³/mol. The van der Waals surface area contributed by atoms with Gasteiger partial charge in [-0.2, -0.15) is 0 Å². The van der Waals surface area contributed by atoms with E-state index in [2.05, 4.69) is 10.6 Å². The summed E-state index contributed by atoms with van der Waals surface area (Å²) in [4.78, 5) is 28.0. The summed E-state index contributed by atoms with van der Waals surface area (Å²) in [6, 6.07) is 0. The summed E-state index contributed by atoms with van der Waals surface area (Å²) in [5.74, 6) is 0.405. The third kappa shape index (κ3) is 3.97. The van der Waals surface area contributed by atoms with E-state index >= 15 is 0 Å². The molecule has 25 heavy (non-hydrogen) atoms. The number of carbonyl (C=O) groups is 2. The number of hydrogen-bond donors (Lipinski definition) is 2. The predicted octanol–water partition coefficient (Wildman–Crippen LogP) is 2.49. The maximum absolute atomic E-state index is 13.1. The van der Waals surface area contributed by atoms with Crippen molar-refractivity contribution in [3.8, 4) is 0 Å². The maximum Gasteiger partial charge on any atom is 0.248 e. The highest BCUT2D eigenvalue weighted by Crippen LogP contribution is 2.58. The van der Waals surface area contributed by atoms with Gasteiger partial charge < -0.3 is 15.5 Å². The second-order valence-electron chi connectivity index (χ2n) is 7.98. The molecule has 2 N–H and O–H groups in total. The fourth-order valence-electron chi connectivity index (χ4n) is 4.88. The van der Waals surface area contributed by atoms with Gasteiger partial charge in [-0.1, -0.05) is 19.3 Å². The van der Waals surface area contributed by atoms with Crippen LogP contribution in [0, 0.1) is 11.3 Å². The summed E-state index contributed by atoms with van der Waals surface area (Å²) in [6.07, 6.45) is 8.05. The zero-order chi connectivity index (χ0) is 17.2. The van der Waals surface area contributed by atoms with Gasteiger partial charge in [0.1, 0.15) is 5.54 Å². The molecule has 0 bridgehead atoms. The van der Waals surface area contributed by atoms with Crippen molar-refractivity contribution in [2.75, 3.05) is 26.2 Å². The first-order chi connectivity index (χ1) is 11.6. The molecule has 0 aromatic carbocycles. The lowest BCUT2D eigenvalue weighted by Crippen LogP contribution is -2.61. The zero-order valence-corrected chi connectivity index (χ0v) is 16.6. The molecule has 1 atom stereocenters. The molecule has 1 heterocycles. The second kappa shape index (κ2) is 8.26. The monoisotopic (exact) mass is 371 g/mol. The Morgan fingerprint density at radius 2 is 1.64 bits per heavy atom. The van der Waals surface area contributed by atoms with Crippen molar-refractivity contribution < 1.29 is 9.59 Å². The molecule has 0 radical (unpaired) electrons. The molecule has 3 fully saturated rings. The first-order valence-electron chi connectivity index (χ1n) is 9.89. The van der Waals surface area contributed by atoms with Crippen LogP contribution >= 0.6 is 12.4 Å². The fourth-order valence-corrected chi connectivity index (χ4v) is 4.88. The third-order valence-electron chi connectivity index (χ3n) is 6.64. The molecule has 1 saturated heterocycles. The Kier molecular flexibility index (Phi) is 6.77. The normalized spacial score (nSPS) is 26.4. The number of likely N-dealkylation sites (N-methyl/N-ethyl adjacent to an activating group) is 1. The van der Waals surface area contributed by atoms with Crippen LogP contribution in [0.15, 0.2) is 0 Å². The van der Waals surface area contributed by atoms with Crippen LogP contribution in [0.1, 0.15) is 65.2 Å². The zero-order valence-electron chi connectivity index (χ0n) is 15.7. The lowest BCUT2D eigenvalue weighted by Gasteiger charge is -2.40. The van der Waals surface area contributed by atoms with Gasteiger partial charge in [-0.15, -0.1) is 12.4 Å². The van der Waals surface area contributed by atoms with Crippen LogP contribution in [0.5, 0.6) is 0 Å². The van der Waals surface area contributed by atoms with Gasteiger partial charge in [0.2, 0.25) is 11.8 Å². The lowest BCUT2D eigenvalue weighted by atomic mass is 9.80. The molecular formula is C19H34ClN3O2. The van der Waals surface area contributed by atoms with Crippen LogP contribution in [-0.4, -0.2) is 48.4 Å². The quantitative estimate of drug-likeness (QED) is 0.780. The summed E-state index contributed by atoms with van der Waals surface area (Å²) in [5, 5.41) is 6.65. The van der Waals surface area contributed by atoms with E-state index in [-0.39, 0.29) is 35.6 Å². The van der Waals surface area contributed by atoms with E-state index in [4.69, 9.17) is 0 Å². The summed E-state index contributed by atoms with van der Waals surface area (Å²) in [6.45, 7) is 7.51. The third-order valence-corrected chi connectivity index (χ3v) is 6.64. The molecule has 1 aliphatic heterocycles. The van der Waals surface area contributed by atoms with Crippen molar-refractivity contribution in [3.63, 3.8) is 0 Å². The molecule has 2 saturated carbocycles. The lowest BCUT2D eigenvalue weighted by molar-refractivity contribution is -0.143.